The molecule has 1 saturated carbocycles. The molecule has 3 amide bonds. The van der Waals surface area contributed by atoms with Gasteiger partial charge in [-0.1, -0.05) is 48.5 Å². The second-order valence-electron chi connectivity index (χ2n) is 8.27. The normalized spacial score (nSPS) is 19.0. The van der Waals surface area contributed by atoms with Gasteiger partial charge in [0.25, 0.3) is 0 Å². The van der Waals surface area contributed by atoms with Crippen LogP contribution < -0.4 is 16.2 Å². The van der Waals surface area contributed by atoms with E-state index >= 15 is 0 Å². The second-order valence-corrected chi connectivity index (χ2v) is 8.27. The molecule has 0 saturated heterocycles. The third-order valence-corrected chi connectivity index (χ3v) is 6.26. The summed E-state index contributed by atoms with van der Waals surface area (Å²) in [4.78, 5) is 46.4. The van der Waals surface area contributed by atoms with E-state index in [1.54, 1.807) is 0 Å². The number of hydrogen-bond donors (Lipinski definition) is 4. The van der Waals surface area contributed by atoms with Crippen molar-refractivity contribution in [3.63, 3.8) is 0 Å². The number of rotatable bonds is 4. The molecule has 0 radical (unpaired) electrons. The van der Waals surface area contributed by atoms with Gasteiger partial charge in [-0.3, -0.25) is 15.0 Å². The van der Waals surface area contributed by atoms with Crippen LogP contribution in [0.1, 0.15) is 42.7 Å². The summed E-state index contributed by atoms with van der Waals surface area (Å²) in [6, 6.07) is 15.8. The predicted octanol–water partition coefficient (Wildman–Crippen LogP) is 2.32. The van der Waals surface area contributed by atoms with Gasteiger partial charge >= 0.3 is 18.0 Å². The minimum absolute atomic E-state index is 0.0739. The van der Waals surface area contributed by atoms with Gasteiger partial charge in [-0.25, -0.2) is 15.0 Å². The second kappa shape index (κ2) is 9.72. The topological polar surface area (TPSA) is 134 Å². The summed E-state index contributed by atoms with van der Waals surface area (Å²) in [6.45, 7) is 0.143. The summed E-state index contributed by atoms with van der Waals surface area (Å²) >= 11 is 0. The average Bonchev–Trinajstić information content (AvgIpc) is 3.15. The number of ether oxygens (including phenoxy) is 1. The zero-order chi connectivity index (χ0) is 23.4. The summed E-state index contributed by atoms with van der Waals surface area (Å²) in [7, 11) is 0. The number of aliphatic carboxylic acids is 1. The smallest absolute Gasteiger partial charge is 0.426 e. The highest BCUT2D eigenvalue weighted by atomic mass is 16.6. The molecule has 0 aromatic heterocycles. The van der Waals surface area contributed by atoms with Crippen LogP contribution in [-0.2, 0) is 19.1 Å². The Hall–Kier alpha value is -3.88. The van der Waals surface area contributed by atoms with Crippen LogP contribution >= 0.6 is 0 Å². The quantitative estimate of drug-likeness (QED) is 0.416. The van der Waals surface area contributed by atoms with Crippen molar-refractivity contribution in [2.24, 2.45) is 5.92 Å². The Balaban J connectivity index is 1.23. The van der Waals surface area contributed by atoms with Crippen molar-refractivity contribution in [3.8, 4) is 11.1 Å². The molecule has 9 nitrogen and oxygen atoms in total. The van der Waals surface area contributed by atoms with Crippen LogP contribution in [0.15, 0.2) is 48.5 Å². The van der Waals surface area contributed by atoms with E-state index in [4.69, 9.17) is 9.84 Å². The summed E-state index contributed by atoms with van der Waals surface area (Å²) in [5.74, 6) is -3.32. The number of nitrogens with one attached hydrogen (secondary N) is 3. The van der Waals surface area contributed by atoms with Crippen molar-refractivity contribution in [1.82, 2.24) is 16.2 Å². The van der Waals surface area contributed by atoms with Crippen LogP contribution in [0.3, 0.4) is 0 Å². The highest BCUT2D eigenvalue weighted by Crippen LogP contribution is 2.44. The molecule has 4 N–H and O–H groups in total. The summed E-state index contributed by atoms with van der Waals surface area (Å²) in [5, 5.41) is 11.1. The van der Waals surface area contributed by atoms with E-state index in [2.05, 4.69) is 28.3 Å². The van der Waals surface area contributed by atoms with Gasteiger partial charge in [0.05, 0.1) is 0 Å². The van der Waals surface area contributed by atoms with Crippen molar-refractivity contribution in [3.05, 3.63) is 59.7 Å². The molecule has 9 heteroatoms. The lowest BCUT2D eigenvalue weighted by atomic mass is 9.85. The predicted molar refractivity (Wildman–Crippen MR) is 118 cm³/mol. The fraction of sp³-hybridized carbons (Fsp3) is 0.333. The van der Waals surface area contributed by atoms with Gasteiger partial charge in [0.15, 0.2) is 0 Å². The largest absolute Gasteiger partial charge is 0.474 e. The number of carboxylic acid groups (broad SMARTS) is 1. The molecule has 1 fully saturated rings. The third-order valence-electron chi connectivity index (χ3n) is 6.26. The third kappa shape index (κ3) is 4.97. The van der Waals surface area contributed by atoms with Gasteiger partial charge < -0.3 is 15.2 Å². The van der Waals surface area contributed by atoms with Crippen molar-refractivity contribution >= 4 is 23.9 Å². The van der Waals surface area contributed by atoms with Gasteiger partial charge in [-0.15, -0.1) is 0 Å². The van der Waals surface area contributed by atoms with E-state index < -0.39 is 18.0 Å². The first-order valence-corrected chi connectivity index (χ1v) is 10.9. The highest BCUT2D eigenvalue weighted by molar-refractivity contribution is 6.31. The fourth-order valence-corrected chi connectivity index (χ4v) is 4.60. The van der Waals surface area contributed by atoms with Crippen LogP contribution in [0.25, 0.3) is 11.1 Å². The molecule has 172 valence electrons. The van der Waals surface area contributed by atoms with E-state index in [9.17, 15) is 19.2 Å². The van der Waals surface area contributed by atoms with Crippen LogP contribution in [0.5, 0.6) is 0 Å². The fourth-order valence-electron chi connectivity index (χ4n) is 4.60. The molecule has 0 unspecified atom stereocenters. The molecule has 0 aliphatic heterocycles. The molecule has 2 aromatic carbocycles. The molecular weight excluding hydrogens is 426 g/mol. The van der Waals surface area contributed by atoms with Gasteiger partial charge in [-0.2, -0.15) is 0 Å². The Kier molecular flexibility index (Phi) is 6.58. The lowest BCUT2D eigenvalue weighted by Gasteiger charge is -2.27. The lowest BCUT2D eigenvalue weighted by Crippen LogP contribution is -2.47. The average molecular weight is 451 g/mol. The van der Waals surface area contributed by atoms with E-state index in [1.807, 2.05) is 36.4 Å². The summed E-state index contributed by atoms with van der Waals surface area (Å²) < 4.78 is 5.39. The molecule has 4 rings (SSSR count). The summed E-state index contributed by atoms with van der Waals surface area (Å²) in [6.07, 6.45) is 1.18. The number of carbonyl (C=O) groups excluding carboxylic acids is 3. The Morgan fingerprint density at radius 1 is 0.848 bits per heavy atom. The number of carbonyl (C=O) groups is 4. The number of benzene rings is 2. The Morgan fingerprint density at radius 3 is 2.00 bits per heavy atom. The van der Waals surface area contributed by atoms with Crippen molar-refractivity contribution in [2.75, 3.05) is 6.61 Å². The zero-order valence-electron chi connectivity index (χ0n) is 17.9. The van der Waals surface area contributed by atoms with E-state index in [1.165, 1.54) is 0 Å². The number of fused-ring (bicyclic) bond motifs is 3. The van der Waals surface area contributed by atoms with Gasteiger partial charge in [0.2, 0.25) is 5.91 Å². The van der Waals surface area contributed by atoms with E-state index in [0.29, 0.717) is 25.7 Å². The van der Waals surface area contributed by atoms with Crippen LogP contribution in [0.2, 0.25) is 0 Å². The minimum Gasteiger partial charge on any atom is -0.474 e. The monoisotopic (exact) mass is 451 g/mol. The maximum atomic E-state index is 12.4. The molecule has 2 aliphatic carbocycles. The molecule has 2 aliphatic rings. The number of hydrogen-bond acceptors (Lipinski definition) is 5. The molecule has 33 heavy (non-hydrogen) atoms. The lowest BCUT2D eigenvalue weighted by molar-refractivity contribution is -0.150. The molecule has 2 aromatic rings. The van der Waals surface area contributed by atoms with Crippen LogP contribution in [-0.4, -0.2) is 41.6 Å². The Labute approximate surface area is 190 Å². The van der Waals surface area contributed by atoms with Crippen molar-refractivity contribution < 1.29 is 29.0 Å². The minimum atomic E-state index is -1.53. The van der Waals surface area contributed by atoms with Crippen LogP contribution in [0.4, 0.5) is 4.79 Å². The van der Waals surface area contributed by atoms with Crippen molar-refractivity contribution in [1.29, 1.82) is 0 Å². The highest BCUT2D eigenvalue weighted by Gasteiger charge is 2.30. The SMILES string of the molecule is O=C(NNC(=O)C1CCC(NC(=O)C(=O)O)CC1)OCC1c2ccccc2-c2ccccc21. The zero-order valence-corrected chi connectivity index (χ0v) is 17.9. The van der Waals surface area contributed by atoms with E-state index in [0.717, 1.165) is 22.3 Å². The standard InChI is InChI=1S/C24H25N3O6/c28-21(14-9-11-15(12-10-14)25-22(29)23(30)31)26-27-24(32)33-13-20-18-7-3-1-5-16(18)17-6-2-4-8-19(17)20/h1-8,14-15,20H,9-13H2,(H,25,29)(H,26,28)(H,27,32)(H,30,31). The van der Waals surface area contributed by atoms with Crippen LogP contribution in [0, 0.1) is 5.92 Å². The molecule has 0 atom stereocenters. The molecule has 0 bridgehead atoms. The molecule has 0 spiro atoms. The first-order chi connectivity index (χ1) is 15.9. The number of carboxylic acids is 1. The maximum absolute atomic E-state index is 12.4. The van der Waals surface area contributed by atoms with Gasteiger partial charge in [0.1, 0.15) is 6.61 Å². The first-order valence-electron chi connectivity index (χ1n) is 10.9. The number of hydrazine groups is 1. The van der Waals surface area contributed by atoms with E-state index in [-0.39, 0.29) is 30.4 Å². The van der Waals surface area contributed by atoms with Gasteiger partial charge in [0, 0.05) is 17.9 Å². The van der Waals surface area contributed by atoms with Gasteiger partial charge in [-0.05, 0) is 47.9 Å². The summed E-state index contributed by atoms with van der Waals surface area (Å²) in [5.41, 5.74) is 9.16. The first kappa shape index (κ1) is 22.3. The van der Waals surface area contributed by atoms with Crippen molar-refractivity contribution in [2.45, 2.75) is 37.6 Å². The Morgan fingerprint density at radius 2 is 1.42 bits per heavy atom. The molecule has 0 heterocycles. The maximum Gasteiger partial charge on any atom is 0.426 e. The Bertz CT molecular complexity index is 1030. The number of amides is 3. The molecular formula is C24H25N3O6.